The third-order valence-corrected chi connectivity index (χ3v) is 9.99. The van der Waals surface area contributed by atoms with Crippen molar-refractivity contribution in [3.8, 4) is 0 Å². The maximum atomic E-state index is 16.0. The van der Waals surface area contributed by atoms with Crippen molar-refractivity contribution in [3.63, 3.8) is 0 Å². The number of nitrogens with one attached hydrogen (secondary N) is 5. The number of amides is 2. The molecule has 0 aromatic carbocycles. The summed E-state index contributed by atoms with van der Waals surface area (Å²) in [5, 5.41) is 16.0. The van der Waals surface area contributed by atoms with Crippen LogP contribution in [0.3, 0.4) is 0 Å². The Morgan fingerprint density at radius 3 is 2.81 bits per heavy atom. The highest BCUT2D eigenvalue weighted by Gasteiger charge is 2.50. The Morgan fingerprint density at radius 1 is 1.17 bits per heavy atom. The van der Waals surface area contributed by atoms with Crippen molar-refractivity contribution in [1.82, 2.24) is 41.5 Å². The highest BCUT2D eigenvalue weighted by atomic mass is 19.1. The summed E-state index contributed by atoms with van der Waals surface area (Å²) in [6, 6.07) is -0.254. The van der Waals surface area contributed by atoms with Gasteiger partial charge in [-0.1, -0.05) is 13.5 Å². The van der Waals surface area contributed by atoms with Crippen molar-refractivity contribution >= 4 is 11.8 Å². The van der Waals surface area contributed by atoms with Crippen molar-refractivity contribution < 1.29 is 23.5 Å². The number of rotatable bonds is 7. The van der Waals surface area contributed by atoms with Gasteiger partial charge in [0.15, 0.2) is 0 Å². The second kappa shape index (κ2) is 12.6. The summed E-state index contributed by atoms with van der Waals surface area (Å²) in [6.07, 6.45) is 8.59. The van der Waals surface area contributed by atoms with Gasteiger partial charge in [0, 0.05) is 57.0 Å². The molecule has 232 valence electrons. The van der Waals surface area contributed by atoms with Crippen LogP contribution in [0.2, 0.25) is 0 Å². The van der Waals surface area contributed by atoms with Crippen LogP contribution in [0.5, 0.6) is 0 Å². The largest absolute Gasteiger partial charge is 0.490 e. The number of piperazine rings is 1. The van der Waals surface area contributed by atoms with Gasteiger partial charge in [0.2, 0.25) is 11.8 Å². The number of nitrogens with zero attached hydrogens (tertiary/aromatic N) is 3. The van der Waals surface area contributed by atoms with Crippen molar-refractivity contribution in [2.45, 2.75) is 81.4 Å². The number of allylic oxidation sites excluding steroid dienone is 1. The monoisotopic (exact) mass is 588 g/mol. The first-order chi connectivity index (χ1) is 20.4. The van der Waals surface area contributed by atoms with E-state index < -0.39 is 6.17 Å². The molecule has 6 aliphatic rings. The lowest BCUT2D eigenvalue weighted by Gasteiger charge is -2.53. The van der Waals surface area contributed by atoms with Crippen LogP contribution in [-0.2, 0) is 19.1 Å². The van der Waals surface area contributed by atoms with Gasteiger partial charge < -0.3 is 24.6 Å². The first kappa shape index (κ1) is 29.5. The number of hydrogen-bond donors (Lipinski definition) is 5. The average Bonchev–Trinajstić information content (AvgIpc) is 3.48. The van der Waals surface area contributed by atoms with E-state index in [1.54, 1.807) is 7.11 Å². The number of carbonyl (C=O) groups is 2. The van der Waals surface area contributed by atoms with Gasteiger partial charge in [0.1, 0.15) is 30.7 Å². The van der Waals surface area contributed by atoms with Gasteiger partial charge in [0.05, 0.1) is 25.0 Å². The smallest absolute Gasteiger partial charge is 0.246 e. The minimum Gasteiger partial charge on any atom is -0.490 e. The molecule has 10 unspecified atom stereocenters. The van der Waals surface area contributed by atoms with Gasteiger partial charge in [-0.15, -0.1) is 0 Å². The van der Waals surface area contributed by atoms with Crippen LogP contribution in [0.1, 0.15) is 32.6 Å². The molecule has 6 rings (SSSR count). The van der Waals surface area contributed by atoms with Gasteiger partial charge in [0.25, 0.3) is 0 Å². The SMILES string of the molecule is C=CC(=O)N1CCN(C2CCC3NCNC(NC4CCC(OC5=CC6NCNN6C=C5)C(C)C4F)C3C2OC)C(=O)C1. The molecule has 13 heteroatoms. The van der Waals surface area contributed by atoms with Gasteiger partial charge in [-0.2, -0.15) is 0 Å². The predicted molar refractivity (Wildman–Crippen MR) is 154 cm³/mol. The standard InChI is InChI=1S/C29H45FN8O4/c1-4-24(39)36-11-12-37(25(40)14-36)21-7-5-19-26(28(21)41-3)29(33-15-31-19)35-20-6-8-22(17(2)27(20)30)42-18-9-10-38-23(13-18)32-16-34-38/h4,9-10,13,17,19-23,26-29,31-35H,1,5-8,11-12,14-16H2,2-3H3. The number of hydrazine groups is 1. The molecule has 5 N–H and O–H groups in total. The zero-order valence-electron chi connectivity index (χ0n) is 24.5. The Labute approximate surface area is 247 Å². The summed E-state index contributed by atoms with van der Waals surface area (Å²) in [7, 11) is 1.70. The molecule has 0 bridgehead atoms. The Bertz CT molecular complexity index is 1090. The Balaban J connectivity index is 1.10. The van der Waals surface area contributed by atoms with Gasteiger partial charge >= 0.3 is 0 Å². The molecule has 0 aromatic heterocycles. The molecular weight excluding hydrogens is 543 g/mol. The molecule has 10 atom stereocenters. The van der Waals surface area contributed by atoms with Crippen molar-refractivity contribution in [3.05, 3.63) is 36.8 Å². The summed E-state index contributed by atoms with van der Waals surface area (Å²) >= 11 is 0. The third kappa shape index (κ3) is 5.70. The van der Waals surface area contributed by atoms with Crippen molar-refractivity contribution in [2.24, 2.45) is 11.8 Å². The lowest BCUT2D eigenvalue weighted by Crippen LogP contribution is -2.72. The van der Waals surface area contributed by atoms with E-state index in [4.69, 9.17) is 9.47 Å². The summed E-state index contributed by atoms with van der Waals surface area (Å²) in [5.74, 6) is 0.186. The molecule has 42 heavy (non-hydrogen) atoms. The summed E-state index contributed by atoms with van der Waals surface area (Å²) in [4.78, 5) is 28.7. The molecule has 0 radical (unpaired) electrons. The van der Waals surface area contributed by atoms with E-state index in [9.17, 15) is 9.59 Å². The number of alkyl halides is 1. The second-order valence-electron chi connectivity index (χ2n) is 12.2. The first-order valence-corrected chi connectivity index (χ1v) is 15.3. The maximum absolute atomic E-state index is 16.0. The fourth-order valence-electron chi connectivity index (χ4n) is 7.71. The third-order valence-electron chi connectivity index (χ3n) is 9.99. The van der Waals surface area contributed by atoms with E-state index in [2.05, 4.69) is 33.3 Å². The van der Waals surface area contributed by atoms with Crippen LogP contribution >= 0.6 is 0 Å². The average molecular weight is 589 g/mol. The van der Waals surface area contributed by atoms with Crippen LogP contribution in [0.25, 0.3) is 0 Å². The highest BCUT2D eigenvalue weighted by molar-refractivity contribution is 5.91. The lowest BCUT2D eigenvalue weighted by atomic mass is 9.74. The normalized spacial score (nSPS) is 40.3. The molecular formula is C29H45FN8O4. The number of halogens is 1. The van der Waals surface area contributed by atoms with E-state index in [1.165, 1.54) is 11.0 Å². The van der Waals surface area contributed by atoms with E-state index >= 15 is 4.39 Å². The number of carbonyl (C=O) groups excluding carboxylic acids is 2. The summed E-state index contributed by atoms with van der Waals surface area (Å²) < 4.78 is 28.4. The van der Waals surface area contributed by atoms with Crippen LogP contribution in [0.4, 0.5) is 4.39 Å². The van der Waals surface area contributed by atoms with Gasteiger partial charge in [-0.3, -0.25) is 30.5 Å². The second-order valence-corrected chi connectivity index (χ2v) is 12.2. The Hall–Kier alpha value is -2.55. The maximum Gasteiger partial charge on any atom is 0.246 e. The quantitative estimate of drug-likeness (QED) is 0.254. The molecule has 12 nitrogen and oxygen atoms in total. The predicted octanol–water partition coefficient (Wildman–Crippen LogP) is -0.302. The Morgan fingerprint density at radius 2 is 2.02 bits per heavy atom. The van der Waals surface area contributed by atoms with Crippen LogP contribution in [0.15, 0.2) is 36.8 Å². The molecule has 2 saturated carbocycles. The van der Waals surface area contributed by atoms with E-state index in [1.807, 2.05) is 35.2 Å². The van der Waals surface area contributed by atoms with Crippen molar-refractivity contribution in [2.75, 3.05) is 40.1 Å². The van der Waals surface area contributed by atoms with Crippen LogP contribution in [-0.4, -0.2) is 116 Å². The minimum atomic E-state index is -1.08. The fraction of sp³-hybridized carbons (Fsp3) is 0.724. The molecule has 3 saturated heterocycles. The number of ether oxygens (including phenoxy) is 2. The van der Waals surface area contributed by atoms with Crippen molar-refractivity contribution in [1.29, 1.82) is 0 Å². The van der Waals surface area contributed by atoms with Gasteiger partial charge in [-0.25, -0.2) is 9.82 Å². The van der Waals surface area contributed by atoms with E-state index in [0.29, 0.717) is 32.8 Å². The zero-order chi connectivity index (χ0) is 29.4. The molecule has 4 heterocycles. The highest BCUT2D eigenvalue weighted by Crippen LogP contribution is 2.37. The molecule has 5 fully saturated rings. The molecule has 0 aromatic rings. The molecule has 4 aliphatic heterocycles. The van der Waals surface area contributed by atoms with E-state index in [-0.39, 0.29) is 72.9 Å². The molecule has 2 aliphatic carbocycles. The number of hydrogen-bond acceptors (Lipinski definition) is 10. The minimum absolute atomic E-state index is 0.00684. The molecule has 0 spiro atoms. The zero-order valence-corrected chi connectivity index (χ0v) is 24.5. The van der Waals surface area contributed by atoms with Crippen LogP contribution in [0, 0.1) is 11.8 Å². The topological polar surface area (TPSA) is 122 Å². The fourth-order valence-corrected chi connectivity index (χ4v) is 7.71. The first-order valence-electron chi connectivity index (χ1n) is 15.3. The summed E-state index contributed by atoms with van der Waals surface area (Å²) in [6.45, 7) is 7.78. The Kier molecular flexibility index (Phi) is 8.85. The summed E-state index contributed by atoms with van der Waals surface area (Å²) in [5.41, 5.74) is 3.21. The number of methoxy groups -OCH3 is 1. The lowest BCUT2D eigenvalue weighted by molar-refractivity contribution is -0.153. The van der Waals surface area contributed by atoms with Crippen LogP contribution < -0.4 is 26.7 Å². The van der Waals surface area contributed by atoms with E-state index in [0.717, 1.165) is 25.0 Å². The van der Waals surface area contributed by atoms with Gasteiger partial charge in [-0.05, 0) is 43.9 Å². The molecule has 2 amide bonds. The number of fused-ring (bicyclic) bond motifs is 2.